The van der Waals surface area contributed by atoms with Crippen LogP contribution in [0.4, 0.5) is 0 Å². The summed E-state index contributed by atoms with van der Waals surface area (Å²) in [6, 6.07) is 12.0. The summed E-state index contributed by atoms with van der Waals surface area (Å²) in [5.74, 6) is 1.20. The van der Waals surface area contributed by atoms with E-state index < -0.39 is 25.8 Å². The number of aryl methyl sites for hydroxylation is 3. The SMILES string of the molecule is Cc1cc(OP(O)O)c(C(C)(C)C)cc1C(C)CC(c1cc(C(C)(C)C)c(OP(O)O)cc1C)c1cc(C(C)(C)C)c(OP(O)O)cc1C. The highest BCUT2D eigenvalue weighted by Crippen LogP contribution is 2.48. The molecule has 0 spiro atoms. The zero-order valence-corrected chi connectivity index (χ0v) is 33.8. The van der Waals surface area contributed by atoms with Crippen LogP contribution < -0.4 is 13.6 Å². The highest BCUT2D eigenvalue weighted by atomic mass is 31.2. The van der Waals surface area contributed by atoms with Gasteiger partial charge in [0.1, 0.15) is 17.2 Å². The normalized spacial score (nSPS) is 13.5. The van der Waals surface area contributed by atoms with E-state index in [0.717, 1.165) is 50.1 Å². The number of hydrogen-bond acceptors (Lipinski definition) is 9. The molecule has 49 heavy (non-hydrogen) atoms. The number of rotatable bonds is 11. The van der Waals surface area contributed by atoms with Crippen molar-refractivity contribution in [2.75, 3.05) is 0 Å². The molecule has 0 aliphatic rings. The molecule has 0 aliphatic heterocycles. The molecule has 0 aliphatic carbocycles. The number of hydrogen-bond donors (Lipinski definition) is 6. The van der Waals surface area contributed by atoms with Crippen molar-refractivity contribution in [2.45, 2.75) is 125 Å². The predicted octanol–water partition coefficient (Wildman–Crippen LogP) is 9.60. The first-order valence-electron chi connectivity index (χ1n) is 16.3. The summed E-state index contributed by atoms with van der Waals surface area (Å²) in [4.78, 5) is 58.7. The minimum absolute atomic E-state index is 0.0252. The molecule has 0 heterocycles. The van der Waals surface area contributed by atoms with E-state index in [1.807, 2.05) is 39.0 Å². The maximum atomic E-state index is 9.81. The van der Waals surface area contributed by atoms with E-state index in [9.17, 15) is 29.4 Å². The van der Waals surface area contributed by atoms with Gasteiger partial charge in [-0.15, -0.1) is 0 Å². The first-order valence-corrected chi connectivity index (χ1v) is 19.8. The molecular formula is C37H55O9P3. The van der Waals surface area contributed by atoms with Gasteiger partial charge in [0.25, 0.3) is 0 Å². The molecule has 1 unspecified atom stereocenters. The highest BCUT2D eigenvalue weighted by molar-refractivity contribution is 7.40. The van der Waals surface area contributed by atoms with E-state index >= 15 is 0 Å². The van der Waals surface area contributed by atoms with Gasteiger partial charge in [0.15, 0.2) is 0 Å². The van der Waals surface area contributed by atoms with Crippen molar-refractivity contribution >= 4 is 25.8 Å². The third kappa shape index (κ3) is 10.6. The van der Waals surface area contributed by atoms with Gasteiger partial charge in [-0.25, -0.2) is 0 Å². The topological polar surface area (TPSA) is 149 Å². The minimum atomic E-state index is -2.62. The summed E-state index contributed by atoms with van der Waals surface area (Å²) in [6.45, 7) is 26.8. The summed E-state index contributed by atoms with van der Waals surface area (Å²) in [6.07, 6.45) is 0.687. The van der Waals surface area contributed by atoms with Crippen molar-refractivity contribution in [1.82, 2.24) is 0 Å². The second kappa shape index (κ2) is 15.8. The van der Waals surface area contributed by atoms with Crippen LogP contribution in [0.2, 0.25) is 0 Å². The lowest BCUT2D eigenvalue weighted by Gasteiger charge is -2.32. The third-order valence-electron chi connectivity index (χ3n) is 8.94. The van der Waals surface area contributed by atoms with Crippen molar-refractivity contribution in [1.29, 1.82) is 0 Å². The monoisotopic (exact) mass is 736 g/mol. The predicted molar refractivity (Wildman–Crippen MR) is 200 cm³/mol. The summed E-state index contributed by atoms with van der Waals surface area (Å²) < 4.78 is 16.6. The average Bonchev–Trinajstić information content (AvgIpc) is 2.89. The largest absolute Gasteiger partial charge is 0.427 e. The van der Waals surface area contributed by atoms with Crippen molar-refractivity contribution in [3.05, 3.63) is 86.5 Å². The van der Waals surface area contributed by atoms with E-state index in [4.69, 9.17) is 13.6 Å². The summed E-state index contributed by atoms with van der Waals surface area (Å²) in [7, 11) is -7.82. The Bertz CT molecular complexity index is 1540. The molecule has 9 nitrogen and oxygen atoms in total. The van der Waals surface area contributed by atoms with E-state index in [1.54, 1.807) is 0 Å². The molecule has 272 valence electrons. The summed E-state index contributed by atoms with van der Waals surface area (Å²) >= 11 is 0. The Kier molecular flexibility index (Phi) is 13.4. The highest BCUT2D eigenvalue weighted by Gasteiger charge is 2.31. The molecule has 6 N–H and O–H groups in total. The molecule has 0 fully saturated rings. The van der Waals surface area contributed by atoms with Crippen molar-refractivity contribution in [3.63, 3.8) is 0 Å². The van der Waals surface area contributed by atoms with Gasteiger partial charge >= 0.3 is 25.8 Å². The van der Waals surface area contributed by atoms with Crippen molar-refractivity contribution < 1.29 is 42.9 Å². The van der Waals surface area contributed by atoms with Crippen LogP contribution in [0.25, 0.3) is 0 Å². The van der Waals surface area contributed by atoms with Gasteiger partial charge in [-0.2, -0.15) is 0 Å². The molecule has 1 atom stereocenters. The molecule has 3 aromatic rings. The van der Waals surface area contributed by atoms with Crippen LogP contribution in [0.3, 0.4) is 0 Å². The maximum Gasteiger partial charge on any atom is 0.391 e. The standard InChI is InChI=1S/C37H55O9P3/c1-21(25-18-29(35(5,6)7)32(15-22(25)2)44-47(38)39)14-28(26-19-30(36(8,9)10)33(16-23(26)3)45-48(40)41)27-20-31(37(11,12)13)34(17-24(27)4)46-49(42)43/h15-21,28,38-43H,14H2,1-13H3. The zero-order valence-electron chi connectivity index (χ0n) is 31.1. The van der Waals surface area contributed by atoms with Crippen LogP contribution in [-0.2, 0) is 16.2 Å². The van der Waals surface area contributed by atoms with Crippen LogP contribution in [0, 0.1) is 20.8 Å². The van der Waals surface area contributed by atoms with Gasteiger partial charge in [0.05, 0.1) is 0 Å². The molecule has 0 radical (unpaired) electrons. The van der Waals surface area contributed by atoms with Gasteiger partial charge < -0.3 is 42.9 Å². The summed E-state index contributed by atoms with van der Waals surface area (Å²) in [5, 5.41) is 0. The molecule has 0 aromatic heterocycles. The van der Waals surface area contributed by atoms with Crippen LogP contribution in [0.1, 0.15) is 138 Å². The van der Waals surface area contributed by atoms with E-state index in [-0.39, 0.29) is 28.1 Å². The second-order valence-electron chi connectivity index (χ2n) is 16.1. The molecule has 0 saturated heterocycles. The van der Waals surface area contributed by atoms with Crippen LogP contribution in [-0.4, -0.2) is 29.4 Å². The van der Waals surface area contributed by atoms with Gasteiger partial charge in [0.2, 0.25) is 0 Å². The van der Waals surface area contributed by atoms with Crippen LogP contribution >= 0.6 is 25.8 Å². The molecule has 0 bridgehead atoms. The van der Waals surface area contributed by atoms with Crippen LogP contribution in [0.15, 0.2) is 36.4 Å². The molecule has 3 rings (SSSR count). The fourth-order valence-corrected chi connectivity index (χ4v) is 7.51. The maximum absolute atomic E-state index is 9.81. The molecular weight excluding hydrogens is 681 g/mol. The molecule has 0 amide bonds. The van der Waals surface area contributed by atoms with Gasteiger partial charge in [0, 0.05) is 22.6 Å². The molecule has 12 heteroatoms. The van der Waals surface area contributed by atoms with Crippen molar-refractivity contribution in [2.24, 2.45) is 0 Å². The Hall–Kier alpha value is -1.89. The lowest BCUT2D eigenvalue weighted by molar-refractivity contribution is 0.368. The second-order valence-corrected chi connectivity index (χ2v) is 18.2. The van der Waals surface area contributed by atoms with Crippen LogP contribution in [0.5, 0.6) is 17.2 Å². The third-order valence-corrected chi connectivity index (χ3v) is 10.0. The zero-order chi connectivity index (χ0) is 37.4. The van der Waals surface area contributed by atoms with E-state index in [2.05, 4.69) is 87.4 Å². The lowest BCUT2D eigenvalue weighted by atomic mass is 9.74. The fourth-order valence-electron chi connectivity index (χ4n) is 6.53. The average molecular weight is 737 g/mol. The molecule has 0 saturated carbocycles. The first kappa shape index (κ1) is 41.5. The molecule has 3 aromatic carbocycles. The lowest BCUT2D eigenvalue weighted by Crippen LogP contribution is -2.18. The Morgan fingerprint density at radius 3 is 1.02 bits per heavy atom. The summed E-state index contributed by atoms with van der Waals surface area (Å²) in [5.41, 5.74) is 7.54. The first-order chi connectivity index (χ1) is 22.3. The Morgan fingerprint density at radius 2 is 0.755 bits per heavy atom. The smallest absolute Gasteiger partial charge is 0.391 e. The van der Waals surface area contributed by atoms with Crippen molar-refractivity contribution in [3.8, 4) is 17.2 Å². The quantitative estimate of drug-likeness (QED) is 0.106. The Morgan fingerprint density at radius 1 is 0.490 bits per heavy atom. The van der Waals surface area contributed by atoms with E-state index in [1.165, 1.54) is 0 Å². The van der Waals surface area contributed by atoms with Gasteiger partial charge in [-0.05, 0) is 101 Å². The van der Waals surface area contributed by atoms with E-state index in [0.29, 0.717) is 23.7 Å². The Balaban J connectivity index is 2.37. The number of benzene rings is 3. The minimum Gasteiger partial charge on any atom is -0.427 e. The fraction of sp³-hybridized carbons (Fsp3) is 0.514. The van der Waals surface area contributed by atoms with Gasteiger partial charge in [-0.3, -0.25) is 0 Å². The van der Waals surface area contributed by atoms with Gasteiger partial charge in [-0.1, -0.05) is 87.4 Å². The Labute approximate surface area is 296 Å².